The van der Waals surface area contributed by atoms with Crippen molar-refractivity contribution < 1.29 is 14.3 Å². The summed E-state index contributed by atoms with van der Waals surface area (Å²) in [6.07, 6.45) is 1.40. The van der Waals surface area contributed by atoms with Gasteiger partial charge in [0.1, 0.15) is 0 Å². The maximum absolute atomic E-state index is 12.2. The molecule has 1 aliphatic carbocycles. The minimum Gasteiger partial charge on any atom is -0.385 e. The van der Waals surface area contributed by atoms with Crippen molar-refractivity contribution in [1.29, 1.82) is 0 Å². The van der Waals surface area contributed by atoms with Crippen LogP contribution in [-0.4, -0.2) is 32.1 Å². The van der Waals surface area contributed by atoms with Crippen molar-refractivity contribution in [2.45, 2.75) is 19.8 Å². The molecule has 120 valence electrons. The first-order chi connectivity index (χ1) is 10.5. The van der Waals surface area contributed by atoms with Gasteiger partial charge in [0.2, 0.25) is 11.8 Å². The fourth-order valence-electron chi connectivity index (χ4n) is 2.28. The smallest absolute Gasteiger partial charge is 0.228 e. The van der Waals surface area contributed by atoms with E-state index in [1.165, 1.54) is 0 Å². The summed E-state index contributed by atoms with van der Waals surface area (Å²) in [6, 6.07) is 5.75. The molecule has 1 aliphatic rings. The Kier molecular flexibility index (Phi) is 5.97. The first-order valence-electron chi connectivity index (χ1n) is 7.36. The van der Waals surface area contributed by atoms with E-state index >= 15 is 0 Å². The molecule has 0 aromatic heterocycles. The molecule has 1 aromatic rings. The first kappa shape index (κ1) is 17.0. The molecule has 1 saturated carbocycles. The molecule has 22 heavy (non-hydrogen) atoms. The van der Waals surface area contributed by atoms with Gasteiger partial charge in [0, 0.05) is 24.7 Å². The number of carbonyl (C=O) groups is 2. The molecule has 1 fully saturated rings. The van der Waals surface area contributed by atoms with Crippen LogP contribution >= 0.6 is 15.9 Å². The second-order valence-electron chi connectivity index (χ2n) is 5.56. The third-order valence-corrected chi connectivity index (χ3v) is 4.33. The molecule has 0 radical (unpaired) electrons. The van der Waals surface area contributed by atoms with Crippen LogP contribution in [-0.2, 0) is 14.3 Å². The van der Waals surface area contributed by atoms with Gasteiger partial charge in [-0.1, -0.05) is 6.07 Å². The maximum Gasteiger partial charge on any atom is 0.228 e. The van der Waals surface area contributed by atoms with Gasteiger partial charge in [-0.3, -0.25) is 9.59 Å². The number of halogens is 1. The summed E-state index contributed by atoms with van der Waals surface area (Å²) in [5.74, 6) is -0.566. The van der Waals surface area contributed by atoms with Crippen molar-refractivity contribution in [2.24, 2.45) is 11.8 Å². The zero-order valence-corrected chi connectivity index (χ0v) is 14.4. The van der Waals surface area contributed by atoms with Gasteiger partial charge in [-0.2, -0.15) is 0 Å². The van der Waals surface area contributed by atoms with Crippen LogP contribution < -0.4 is 10.6 Å². The quantitative estimate of drug-likeness (QED) is 0.726. The van der Waals surface area contributed by atoms with E-state index in [1.807, 2.05) is 25.1 Å². The van der Waals surface area contributed by atoms with E-state index in [1.54, 1.807) is 7.11 Å². The van der Waals surface area contributed by atoms with Gasteiger partial charge in [0.15, 0.2) is 0 Å². The summed E-state index contributed by atoms with van der Waals surface area (Å²) in [5.41, 5.74) is 1.85. The summed E-state index contributed by atoms with van der Waals surface area (Å²) >= 11 is 3.43. The molecule has 1 aromatic carbocycles. The van der Waals surface area contributed by atoms with Crippen LogP contribution in [0.1, 0.15) is 18.4 Å². The molecular weight excluding hydrogens is 348 g/mol. The van der Waals surface area contributed by atoms with Crippen molar-refractivity contribution in [1.82, 2.24) is 5.32 Å². The predicted octanol–water partition coefficient (Wildman–Crippen LogP) is 2.48. The molecule has 0 saturated heterocycles. The SMILES string of the molecule is COCCCNC(=O)C1CC1C(=O)Nc1ccc(C)cc1Br. The van der Waals surface area contributed by atoms with Gasteiger partial charge >= 0.3 is 0 Å². The Morgan fingerprint density at radius 2 is 2.05 bits per heavy atom. The minimum atomic E-state index is -0.226. The zero-order valence-electron chi connectivity index (χ0n) is 12.8. The average Bonchev–Trinajstić information content (AvgIpc) is 3.27. The normalized spacial score (nSPS) is 19.6. The largest absolute Gasteiger partial charge is 0.385 e. The lowest BCUT2D eigenvalue weighted by Crippen LogP contribution is -2.28. The maximum atomic E-state index is 12.2. The lowest BCUT2D eigenvalue weighted by atomic mass is 10.2. The standard InChI is InChI=1S/C16H21BrN2O3/c1-10-4-5-14(13(17)8-10)19-16(21)12-9-11(12)15(20)18-6-3-7-22-2/h4-5,8,11-12H,3,6-7,9H2,1-2H3,(H,18,20)(H,19,21). The van der Waals surface area contributed by atoms with Crippen molar-refractivity contribution in [3.05, 3.63) is 28.2 Å². The van der Waals surface area contributed by atoms with Crippen molar-refractivity contribution in [3.63, 3.8) is 0 Å². The summed E-state index contributed by atoms with van der Waals surface area (Å²) in [5, 5.41) is 5.71. The zero-order chi connectivity index (χ0) is 16.1. The fraction of sp³-hybridized carbons (Fsp3) is 0.500. The molecule has 2 N–H and O–H groups in total. The van der Waals surface area contributed by atoms with Gasteiger partial charge in [-0.25, -0.2) is 0 Å². The third kappa shape index (κ3) is 4.55. The summed E-state index contributed by atoms with van der Waals surface area (Å²) in [7, 11) is 1.63. The van der Waals surface area contributed by atoms with E-state index in [9.17, 15) is 9.59 Å². The molecule has 2 amide bonds. The van der Waals surface area contributed by atoms with Crippen molar-refractivity contribution in [3.8, 4) is 0 Å². The highest BCUT2D eigenvalue weighted by atomic mass is 79.9. The van der Waals surface area contributed by atoms with Gasteiger partial charge in [-0.15, -0.1) is 0 Å². The Balaban J connectivity index is 1.79. The lowest BCUT2D eigenvalue weighted by molar-refractivity contribution is -0.125. The number of hydrogen-bond donors (Lipinski definition) is 2. The second kappa shape index (κ2) is 7.74. The summed E-state index contributed by atoms with van der Waals surface area (Å²) in [4.78, 5) is 24.1. The molecule has 0 spiro atoms. The monoisotopic (exact) mass is 368 g/mol. The van der Waals surface area contributed by atoms with E-state index in [2.05, 4.69) is 26.6 Å². The van der Waals surface area contributed by atoms with E-state index < -0.39 is 0 Å². The molecule has 2 unspecified atom stereocenters. The molecule has 0 bridgehead atoms. The number of anilines is 1. The average molecular weight is 369 g/mol. The Hall–Kier alpha value is -1.40. The number of carbonyl (C=O) groups excluding carboxylic acids is 2. The van der Waals surface area contributed by atoms with Crippen molar-refractivity contribution in [2.75, 3.05) is 25.6 Å². The van der Waals surface area contributed by atoms with E-state index in [4.69, 9.17) is 4.74 Å². The molecule has 2 rings (SSSR count). The van der Waals surface area contributed by atoms with Crippen LogP contribution in [0.25, 0.3) is 0 Å². The highest BCUT2D eigenvalue weighted by molar-refractivity contribution is 9.10. The number of benzene rings is 1. The molecule has 5 nitrogen and oxygen atoms in total. The Labute approximate surface area is 138 Å². The minimum absolute atomic E-state index is 0.0424. The highest BCUT2D eigenvalue weighted by Gasteiger charge is 2.47. The number of hydrogen-bond acceptors (Lipinski definition) is 3. The van der Waals surface area contributed by atoms with Gasteiger partial charge in [-0.05, 0) is 53.4 Å². The topological polar surface area (TPSA) is 67.4 Å². The van der Waals surface area contributed by atoms with Gasteiger partial charge in [0.05, 0.1) is 17.5 Å². The van der Waals surface area contributed by atoms with Gasteiger partial charge < -0.3 is 15.4 Å². The van der Waals surface area contributed by atoms with Gasteiger partial charge in [0.25, 0.3) is 0 Å². The number of aryl methyl sites for hydroxylation is 1. The number of nitrogens with one attached hydrogen (secondary N) is 2. The molecule has 6 heteroatoms. The first-order valence-corrected chi connectivity index (χ1v) is 8.16. The van der Waals surface area contributed by atoms with Crippen LogP contribution in [0.15, 0.2) is 22.7 Å². The van der Waals surface area contributed by atoms with E-state index in [-0.39, 0.29) is 23.7 Å². The van der Waals surface area contributed by atoms with Crippen LogP contribution in [0.2, 0.25) is 0 Å². The summed E-state index contributed by atoms with van der Waals surface area (Å²) in [6.45, 7) is 3.19. The number of amides is 2. The number of rotatable bonds is 7. The van der Waals surface area contributed by atoms with Crippen molar-refractivity contribution >= 4 is 33.4 Å². The molecule has 2 atom stereocenters. The number of ether oxygens (including phenoxy) is 1. The van der Waals surface area contributed by atoms with Crippen LogP contribution in [0, 0.1) is 18.8 Å². The molecule has 0 heterocycles. The summed E-state index contributed by atoms with van der Waals surface area (Å²) < 4.78 is 5.77. The third-order valence-electron chi connectivity index (χ3n) is 3.67. The highest BCUT2D eigenvalue weighted by Crippen LogP contribution is 2.40. The predicted molar refractivity (Wildman–Crippen MR) is 88.6 cm³/mol. The van der Waals surface area contributed by atoms with E-state index in [0.29, 0.717) is 19.6 Å². The number of methoxy groups -OCH3 is 1. The molecular formula is C16H21BrN2O3. The van der Waals surface area contributed by atoms with E-state index in [0.717, 1.165) is 22.1 Å². The Morgan fingerprint density at radius 3 is 2.73 bits per heavy atom. The lowest BCUT2D eigenvalue weighted by Gasteiger charge is -2.08. The van der Waals surface area contributed by atoms with Crippen LogP contribution in [0.4, 0.5) is 5.69 Å². The fourth-order valence-corrected chi connectivity index (χ4v) is 2.87. The molecule has 0 aliphatic heterocycles. The Morgan fingerprint density at radius 1 is 1.32 bits per heavy atom. The second-order valence-corrected chi connectivity index (χ2v) is 6.41. The van der Waals surface area contributed by atoms with Crippen LogP contribution in [0.3, 0.4) is 0 Å². The van der Waals surface area contributed by atoms with Crippen LogP contribution in [0.5, 0.6) is 0 Å². The Bertz CT molecular complexity index is 562.